The number of H-pyrrole nitrogens is 2. The number of methoxy groups -OCH3 is 2. The van der Waals surface area contributed by atoms with E-state index in [0.717, 1.165) is 76.1 Å². The zero-order valence-electron chi connectivity index (χ0n) is 35.1. The van der Waals surface area contributed by atoms with Gasteiger partial charge in [0.05, 0.1) is 73.0 Å². The number of nitrogens with one attached hydrogen (secondary N) is 4. The van der Waals surface area contributed by atoms with Crippen molar-refractivity contribution in [2.24, 2.45) is 5.92 Å². The highest BCUT2D eigenvalue weighted by Crippen LogP contribution is 2.35. The Morgan fingerprint density at radius 3 is 1.90 bits per heavy atom. The number of aromatic amines is 2. The molecule has 0 radical (unpaired) electrons. The van der Waals surface area contributed by atoms with Crippen molar-refractivity contribution in [1.82, 2.24) is 50.3 Å². The van der Waals surface area contributed by atoms with Crippen LogP contribution in [0.4, 0.5) is 9.59 Å². The van der Waals surface area contributed by atoms with Crippen LogP contribution in [-0.4, -0.2) is 103 Å². The third-order valence-electron chi connectivity index (χ3n) is 11.7. The molecule has 2 aliphatic heterocycles. The number of hydrogen-bond donors (Lipinski definition) is 4. The smallest absolute Gasteiger partial charge is 0.407 e. The number of rotatable bonds is 12. The van der Waals surface area contributed by atoms with E-state index in [0.29, 0.717) is 31.2 Å². The fourth-order valence-electron chi connectivity index (χ4n) is 8.40. The Bertz CT molecular complexity index is 2560. The molecule has 62 heavy (non-hydrogen) atoms. The van der Waals surface area contributed by atoms with E-state index in [-0.39, 0.29) is 29.8 Å². The van der Waals surface area contributed by atoms with Crippen LogP contribution in [0.1, 0.15) is 68.8 Å². The van der Waals surface area contributed by atoms with Gasteiger partial charge in [-0.1, -0.05) is 74.5 Å². The molecule has 0 bridgehead atoms. The standard InChI is InChI=1S/C46H50N10O6/c1-27(2)40(54-46(60)62-4)44(58)56-21-9-13-39(56)42-48-25-36(51-42)30-16-14-29(15-17-30)35-24-47-33-23-31(18-19-32(33)50-35)37-26-49-41(52-37)38-12-8-20-55(38)43(57)34(53-45(59)61-3)22-28-10-6-5-7-11-28/h5-7,10-11,14-19,23-27,34,38-40H,8-9,12-13,20-22H2,1-4H3,(H,48,51)(H,49,52)(H,53,59)(H,54,60)/t34-,38+,39+,40+/m1/s1. The zero-order chi connectivity index (χ0) is 43.3. The number of nitrogens with zero attached hydrogens (tertiary/aromatic N) is 6. The molecule has 0 saturated carbocycles. The van der Waals surface area contributed by atoms with Crippen molar-refractivity contribution in [3.8, 4) is 33.8 Å². The summed E-state index contributed by atoms with van der Waals surface area (Å²) in [7, 11) is 2.57. The van der Waals surface area contributed by atoms with Gasteiger partial charge in [0.1, 0.15) is 23.7 Å². The number of amides is 4. The molecule has 2 fully saturated rings. The molecule has 4 atom stereocenters. The number of alkyl carbamates (subject to hydrolysis) is 2. The monoisotopic (exact) mass is 838 g/mol. The van der Waals surface area contributed by atoms with Crippen molar-refractivity contribution in [2.75, 3.05) is 27.3 Å². The first kappa shape index (κ1) is 41.6. The van der Waals surface area contributed by atoms with Crippen molar-refractivity contribution in [1.29, 1.82) is 0 Å². The number of imidazole rings is 2. The molecule has 6 aromatic rings. The third kappa shape index (κ3) is 8.85. The second-order valence-electron chi connectivity index (χ2n) is 16.0. The van der Waals surface area contributed by atoms with Crippen LogP contribution in [0.2, 0.25) is 0 Å². The fraction of sp³-hybridized carbons (Fsp3) is 0.348. The van der Waals surface area contributed by atoms with Crippen LogP contribution in [0.15, 0.2) is 91.4 Å². The molecule has 0 aliphatic carbocycles. The van der Waals surface area contributed by atoms with Crippen molar-refractivity contribution in [3.05, 3.63) is 109 Å². The Balaban J connectivity index is 0.936. The summed E-state index contributed by atoms with van der Waals surface area (Å²) in [6, 6.07) is 21.5. The van der Waals surface area contributed by atoms with Crippen LogP contribution >= 0.6 is 0 Å². The summed E-state index contributed by atoms with van der Waals surface area (Å²) in [6.07, 6.45) is 7.51. The van der Waals surface area contributed by atoms with Crippen molar-refractivity contribution < 1.29 is 28.7 Å². The molecule has 3 aromatic heterocycles. The number of hydrogen-bond acceptors (Lipinski definition) is 10. The topological polar surface area (TPSA) is 200 Å². The summed E-state index contributed by atoms with van der Waals surface area (Å²) in [4.78, 5) is 81.3. The van der Waals surface area contributed by atoms with Crippen LogP contribution in [-0.2, 0) is 25.5 Å². The first-order valence-electron chi connectivity index (χ1n) is 20.9. The van der Waals surface area contributed by atoms with Gasteiger partial charge in [-0.2, -0.15) is 0 Å². The second kappa shape index (κ2) is 18.3. The average Bonchev–Trinajstić information content (AvgIpc) is 4.15. The molecule has 4 N–H and O–H groups in total. The highest BCUT2D eigenvalue weighted by atomic mass is 16.5. The van der Waals surface area contributed by atoms with Crippen LogP contribution in [0.3, 0.4) is 0 Å². The molecule has 5 heterocycles. The number of aromatic nitrogens is 6. The van der Waals surface area contributed by atoms with E-state index < -0.39 is 24.3 Å². The van der Waals surface area contributed by atoms with E-state index in [4.69, 9.17) is 24.4 Å². The number of carbonyl (C=O) groups is 4. The molecule has 2 saturated heterocycles. The van der Waals surface area contributed by atoms with Gasteiger partial charge in [0.25, 0.3) is 0 Å². The van der Waals surface area contributed by atoms with Crippen LogP contribution < -0.4 is 10.6 Å². The maximum absolute atomic E-state index is 13.9. The SMILES string of the molecule is COC(=O)N[C@H](C(=O)N1CCC[C@H]1c1ncc(-c2ccc(-c3cnc4cc(-c5cnc([C@@H]6CCCN6C(=O)[C@@H](Cc6ccccc6)NC(=O)OC)[nH]5)ccc4n3)cc2)[nH]1)C(C)C. The summed E-state index contributed by atoms with van der Waals surface area (Å²) in [5.41, 5.74) is 7.45. The normalized spacial score (nSPS) is 17.2. The maximum Gasteiger partial charge on any atom is 0.407 e. The first-order valence-corrected chi connectivity index (χ1v) is 20.9. The predicted molar refractivity (Wildman–Crippen MR) is 231 cm³/mol. The van der Waals surface area contributed by atoms with Gasteiger partial charge < -0.3 is 39.9 Å². The zero-order valence-corrected chi connectivity index (χ0v) is 35.1. The van der Waals surface area contributed by atoms with Crippen LogP contribution in [0.25, 0.3) is 44.8 Å². The minimum Gasteiger partial charge on any atom is -0.453 e. The Morgan fingerprint density at radius 2 is 1.27 bits per heavy atom. The summed E-state index contributed by atoms with van der Waals surface area (Å²) in [6.45, 7) is 4.92. The largest absolute Gasteiger partial charge is 0.453 e. The number of likely N-dealkylation sites (tertiary alicyclic amines) is 2. The van der Waals surface area contributed by atoms with Gasteiger partial charge in [-0.3, -0.25) is 14.6 Å². The highest BCUT2D eigenvalue weighted by molar-refractivity contribution is 5.87. The Labute approximate surface area is 358 Å². The lowest BCUT2D eigenvalue weighted by Crippen LogP contribution is -2.51. The Hall–Kier alpha value is -7.10. The lowest BCUT2D eigenvalue weighted by Gasteiger charge is -2.30. The molecule has 4 amide bonds. The molecular formula is C46H50N10O6. The van der Waals surface area contributed by atoms with Gasteiger partial charge in [-0.25, -0.2) is 24.5 Å². The number of benzene rings is 3. The van der Waals surface area contributed by atoms with Crippen LogP contribution in [0.5, 0.6) is 0 Å². The van der Waals surface area contributed by atoms with Crippen LogP contribution in [0, 0.1) is 5.92 Å². The van der Waals surface area contributed by atoms with E-state index in [1.54, 1.807) is 28.4 Å². The quantitative estimate of drug-likeness (QED) is 0.102. The maximum atomic E-state index is 13.9. The lowest BCUT2D eigenvalue weighted by molar-refractivity contribution is -0.135. The number of fused-ring (bicyclic) bond motifs is 1. The van der Waals surface area contributed by atoms with Crippen molar-refractivity contribution >= 4 is 35.0 Å². The van der Waals surface area contributed by atoms with Gasteiger partial charge >= 0.3 is 12.2 Å². The summed E-state index contributed by atoms with van der Waals surface area (Å²) in [5, 5.41) is 5.43. The molecule has 8 rings (SSSR count). The van der Waals surface area contributed by atoms with Gasteiger partial charge in [-0.15, -0.1) is 0 Å². The molecule has 16 nitrogen and oxygen atoms in total. The number of ether oxygens (including phenoxy) is 2. The highest BCUT2D eigenvalue weighted by Gasteiger charge is 2.38. The molecule has 0 unspecified atom stereocenters. The Kier molecular flexibility index (Phi) is 12.3. The van der Waals surface area contributed by atoms with Crippen molar-refractivity contribution in [2.45, 2.75) is 70.1 Å². The molecule has 2 aliphatic rings. The van der Waals surface area contributed by atoms with E-state index in [2.05, 4.69) is 25.6 Å². The van der Waals surface area contributed by atoms with Crippen molar-refractivity contribution in [3.63, 3.8) is 0 Å². The molecule has 3 aromatic carbocycles. The van der Waals surface area contributed by atoms with E-state index in [9.17, 15) is 19.2 Å². The summed E-state index contributed by atoms with van der Waals surface area (Å²) in [5.74, 6) is 0.930. The predicted octanol–water partition coefficient (Wildman–Crippen LogP) is 6.75. The number of carbonyl (C=O) groups excluding carboxylic acids is 4. The summed E-state index contributed by atoms with van der Waals surface area (Å²) < 4.78 is 9.60. The first-order chi connectivity index (χ1) is 30.1. The third-order valence-corrected chi connectivity index (χ3v) is 11.7. The Morgan fingerprint density at radius 1 is 0.694 bits per heavy atom. The van der Waals surface area contributed by atoms with Gasteiger partial charge in [0.2, 0.25) is 11.8 Å². The van der Waals surface area contributed by atoms with E-state index in [1.807, 2.05) is 86.6 Å². The van der Waals surface area contributed by atoms with E-state index in [1.165, 1.54) is 14.2 Å². The summed E-state index contributed by atoms with van der Waals surface area (Å²) >= 11 is 0. The van der Waals surface area contributed by atoms with Gasteiger partial charge in [0.15, 0.2) is 0 Å². The molecule has 320 valence electrons. The van der Waals surface area contributed by atoms with Gasteiger partial charge in [0, 0.05) is 30.6 Å². The van der Waals surface area contributed by atoms with Gasteiger partial charge in [-0.05, 0) is 54.9 Å². The lowest BCUT2D eigenvalue weighted by atomic mass is 10.0. The average molecular weight is 839 g/mol. The fourth-order valence-corrected chi connectivity index (χ4v) is 8.40. The second-order valence-corrected chi connectivity index (χ2v) is 16.0. The minimum absolute atomic E-state index is 0.116. The minimum atomic E-state index is -0.789. The molecule has 16 heteroatoms. The molecular weight excluding hydrogens is 789 g/mol. The van der Waals surface area contributed by atoms with E-state index >= 15 is 0 Å². The molecule has 0 spiro atoms.